The number of hydrogen-bond donors (Lipinski definition) is 1. The van der Waals surface area contributed by atoms with Crippen LogP contribution in [0, 0.1) is 13.8 Å². The van der Waals surface area contributed by atoms with Gasteiger partial charge in [-0.25, -0.2) is 8.42 Å². The second-order valence-electron chi connectivity index (χ2n) is 7.13. The van der Waals surface area contributed by atoms with Gasteiger partial charge in [-0.05, 0) is 68.1 Å². The lowest BCUT2D eigenvalue weighted by Gasteiger charge is -2.31. The van der Waals surface area contributed by atoms with E-state index in [1.54, 1.807) is 43.5 Å². The van der Waals surface area contributed by atoms with Gasteiger partial charge in [0, 0.05) is 24.7 Å². The zero-order valence-electron chi connectivity index (χ0n) is 16.4. The highest BCUT2D eigenvalue weighted by atomic mass is 32.2. The highest BCUT2D eigenvalue weighted by Gasteiger charge is 2.30. The van der Waals surface area contributed by atoms with Gasteiger partial charge in [0.15, 0.2) is 0 Å². The number of hydrogen-bond acceptors (Lipinski definition) is 4. The predicted molar refractivity (Wildman–Crippen MR) is 108 cm³/mol. The van der Waals surface area contributed by atoms with E-state index >= 15 is 0 Å². The molecule has 1 saturated heterocycles. The van der Waals surface area contributed by atoms with Gasteiger partial charge in [0.2, 0.25) is 10.0 Å². The first-order valence-electron chi connectivity index (χ1n) is 9.33. The van der Waals surface area contributed by atoms with Crippen LogP contribution < -0.4 is 10.1 Å². The van der Waals surface area contributed by atoms with Gasteiger partial charge in [0.05, 0.1) is 12.0 Å². The molecule has 2 aromatic carbocycles. The summed E-state index contributed by atoms with van der Waals surface area (Å²) in [6, 6.07) is 12.1. The highest BCUT2D eigenvalue weighted by molar-refractivity contribution is 7.89. The Kier molecular flexibility index (Phi) is 6.05. The quantitative estimate of drug-likeness (QED) is 0.834. The van der Waals surface area contributed by atoms with Gasteiger partial charge < -0.3 is 10.1 Å². The van der Waals surface area contributed by atoms with Gasteiger partial charge in [0.25, 0.3) is 5.91 Å². The number of rotatable bonds is 5. The lowest BCUT2D eigenvalue weighted by Crippen LogP contribution is -2.46. The summed E-state index contributed by atoms with van der Waals surface area (Å²) in [7, 11) is -1.95. The van der Waals surface area contributed by atoms with Crippen molar-refractivity contribution in [3.8, 4) is 5.75 Å². The minimum atomic E-state index is -3.51. The van der Waals surface area contributed by atoms with Crippen LogP contribution in [0.4, 0.5) is 0 Å². The molecule has 28 heavy (non-hydrogen) atoms. The molecule has 1 heterocycles. The molecule has 0 bridgehead atoms. The Morgan fingerprint density at radius 1 is 1.07 bits per heavy atom. The van der Waals surface area contributed by atoms with E-state index in [1.165, 1.54) is 4.31 Å². The molecule has 0 radical (unpaired) electrons. The first-order chi connectivity index (χ1) is 13.3. The Hall–Kier alpha value is -2.38. The van der Waals surface area contributed by atoms with E-state index in [0.717, 1.165) is 11.1 Å². The SMILES string of the molecule is COc1cccc(C(=O)NC2CCN(S(=O)(=O)c3ccc(C)c(C)c3)CC2)c1. The normalized spacial score (nSPS) is 16.0. The van der Waals surface area contributed by atoms with Crippen LogP contribution in [0.25, 0.3) is 0 Å². The zero-order valence-corrected chi connectivity index (χ0v) is 17.3. The van der Waals surface area contributed by atoms with Crippen molar-refractivity contribution in [2.75, 3.05) is 20.2 Å². The van der Waals surface area contributed by atoms with Crippen LogP contribution in [0.1, 0.15) is 34.3 Å². The van der Waals surface area contributed by atoms with Crippen molar-refractivity contribution >= 4 is 15.9 Å². The third-order valence-electron chi connectivity index (χ3n) is 5.24. The number of benzene rings is 2. The van der Waals surface area contributed by atoms with Crippen LogP contribution in [-0.2, 0) is 10.0 Å². The van der Waals surface area contributed by atoms with E-state index in [1.807, 2.05) is 19.9 Å². The molecule has 0 spiro atoms. The van der Waals surface area contributed by atoms with E-state index in [2.05, 4.69) is 5.32 Å². The van der Waals surface area contributed by atoms with Gasteiger partial charge in [-0.15, -0.1) is 0 Å². The van der Waals surface area contributed by atoms with Gasteiger partial charge >= 0.3 is 0 Å². The number of sulfonamides is 1. The number of piperidine rings is 1. The fourth-order valence-corrected chi connectivity index (χ4v) is 4.85. The summed E-state index contributed by atoms with van der Waals surface area (Å²) in [5, 5.41) is 3.00. The summed E-state index contributed by atoms with van der Waals surface area (Å²) in [5.74, 6) is 0.455. The molecule has 3 rings (SSSR count). The number of ether oxygens (including phenoxy) is 1. The van der Waals surface area contributed by atoms with Crippen LogP contribution >= 0.6 is 0 Å². The molecular formula is C21H26N2O4S. The maximum absolute atomic E-state index is 12.9. The molecule has 1 N–H and O–H groups in total. The summed E-state index contributed by atoms with van der Waals surface area (Å²) in [6.45, 7) is 4.65. The molecule has 1 aliphatic rings. The van der Waals surface area contributed by atoms with Gasteiger partial charge in [-0.3, -0.25) is 4.79 Å². The van der Waals surface area contributed by atoms with E-state index in [-0.39, 0.29) is 11.9 Å². The number of aryl methyl sites for hydroxylation is 2. The molecule has 0 atom stereocenters. The molecule has 0 saturated carbocycles. The molecule has 1 fully saturated rings. The third kappa shape index (κ3) is 4.36. The topological polar surface area (TPSA) is 75.7 Å². The lowest BCUT2D eigenvalue weighted by atomic mass is 10.1. The molecule has 2 aromatic rings. The van der Waals surface area contributed by atoms with Crippen molar-refractivity contribution in [2.45, 2.75) is 37.6 Å². The average Bonchev–Trinajstić information content (AvgIpc) is 2.70. The van der Waals surface area contributed by atoms with Crippen LogP contribution in [0.2, 0.25) is 0 Å². The number of carbonyl (C=O) groups excluding carboxylic acids is 1. The highest BCUT2D eigenvalue weighted by Crippen LogP contribution is 2.23. The Labute approximate surface area is 166 Å². The minimum Gasteiger partial charge on any atom is -0.497 e. The smallest absolute Gasteiger partial charge is 0.251 e. The van der Waals surface area contributed by atoms with Crippen molar-refractivity contribution < 1.29 is 17.9 Å². The number of nitrogens with one attached hydrogen (secondary N) is 1. The van der Waals surface area contributed by atoms with Crippen molar-refractivity contribution in [3.05, 3.63) is 59.2 Å². The molecule has 150 valence electrons. The van der Waals surface area contributed by atoms with E-state index in [0.29, 0.717) is 42.1 Å². The first-order valence-corrected chi connectivity index (χ1v) is 10.8. The minimum absolute atomic E-state index is 0.0510. The van der Waals surface area contributed by atoms with Gasteiger partial charge in [-0.2, -0.15) is 4.31 Å². The van der Waals surface area contributed by atoms with Crippen LogP contribution in [0.5, 0.6) is 5.75 Å². The molecule has 0 unspecified atom stereocenters. The van der Waals surface area contributed by atoms with Crippen molar-refractivity contribution in [1.29, 1.82) is 0 Å². The van der Waals surface area contributed by atoms with Crippen molar-refractivity contribution in [2.24, 2.45) is 0 Å². The Bertz CT molecular complexity index is 964. The maximum atomic E-state index is 12.9. The molecule has 1 aliphatic heterocycles. The lowest BCUT2D eigenvalue weighted by molar-refractivity contribution is 0.0923. The molecule has 0 aliphatic carbocycles. The molecule has 1 amide bonds. The standard InChI is InChI=1S/C21H26N2O4S/c1-15-7-8-20(13-16(15)2)28(25,26)23-11-9-18(10-12-23)22-21(24)17-5-4-6-19(14-17)27-3/h4-8,13-14,18H,9-12H2,1-3H3,(H,22,24). The number of amides is 1. The number of nitrogens with zero attached hydrogens (tertiary/aromatic N) is 1. The third-order valence-corrected chi connectivity index (χ3v) is 7.13. The summed E-state index contributed by atoms with van der Waals surface area (Å²) in [5.41, 5.74) is 2.56. The Balaban J connectivity index is 1.62. The summed E-state index contributed by atoms with van der Waals surface area (Å²) in [6.07, 6.45) is 1.17. The second kappa shape index (κ2) is 8.32. The zero-order chi connectivity index (χ0) is 20.3. The van der Waals surface area contributed by atoms with E-state index in [9.17, 15) is 13.2 Å². The average molecular weight is 403 g/mol. The van der Waals surface area contributed by atoms with Crippen LogP contribution in [-0.4, -0.2) is 44.9 Å². The first kappa shape index (κ1) is 20.4. The van der Waals surface area contributed by atoms with Crippen molar-refractivity contribution in [3.63, 3.8) is 0 Å². The van der Waals surface area contributed by atoms with E-state index in [4.69, 9.17) is 4.74 Å². The molecule has 7 heteroatoms. The second-order valence-corrected chi connectivity index (χ2v) is 9.07. The Morgan fingerprint density at radius 3 is 2.43 bits per heavy atom. The molecule has 6 nitrogen and oxygen atoms in total. The predicted octanol–water partition coefficient (Wildman–Crippen LogP) is 2.90. The number of carbonyl (C=O) groups is 1. The summed E-state index contributed by atoms with van der Waals surface area (Å²) in [4.78, 5) is 12.8. The fourth-order valence-electron chi connectivity index (χ4n) is 3.30. The largest absolute Gasteiger partial charge is 0.497 e. The van der Waals surface area contributed by atoms with Gasteiger partial charge in [-0.1, -0.05) is 12.1 Å². The van der Waals surface area contributed by atoms with Crippen LogP contribution in [0.3, 0.4) is 0 Å². The van der Waals surface area contributed by atoms with Crippen LogP contribution in [0.15, 0.2) is 47.4 Å². The van der Waals surface area contributed by atoms with Gasteiger partial charge in [0.1, 0.15) is 5.75 Å². The van der Waals surface area contributed by atoms with E-state index < -0.39 is 10.0 Å². The van der Waals surface area contributed by atoms with Crippen molar-refractivity contribution in [1.82, 2.24) is 9.62 Å². The summed E-state index contributed by atoms with van der Waals surface area (Å²) >= 11 is 0. The molecule has 0 aromatic heterocycles. The Morgan fingerprint density at radius 2 is 1.79 bits per heavy atom. The fraction of sp³-hybridized carbons (Fsp3) is 0.381. The summed E-state index contributed by atoms with van der Waals surface area (Å²) < 4.78 is 32.4. The number of methoxy groups -OCH3 is 1. The monoisotopic (exact) mass is 402 g/mol. The maximum Gasteiger partial charge on any atom is 0.251 e. The molecular weight excluding hydrogens is 376 g/mol.